The molecule has 0 spiro atoms. The summed E-state index contributed by atoms with van der Waals surface area (Å²) in [7, 11) is -3.18. The molecule has 0 N–H and O–H groups in total. The molecule has 3 rings (SSSR count). The van der Waals surface area contributed by atoms with E-state index < -0.39 is 10.0 Å². The second kappa shape index (κ2) is 9.15. The van der Waals surface area contributed by atoms with Crippen molar-refractivity contribution < 1.29 is 8.42 Å². The van der Waals surface area contributed by atoms with Gasteiger partial charge in [-0.3, -0.25) is 4.90 Å². The zero-order valence-corrected chi connectivity index (χ0v) is 17.8. The number of rotatable bonds is 7. The molecular weight excluding hydrogens is 366 g/mol. The van der Waals surface area contributed by atoms with Crippen LogP contribution in [0.4, 0.5) is 0 Å². The molecule has 1 aromatic heterocycles. The molecule has 2 aliphatic heterocycles. The van der Waals surface area contributed by atoms with E-state index in [1.807, 2.05) is 11.3 Å². The quantitative estimate of drug-likeness (QED) is 0.707. The van der Waals surface area contributed by atoms with E-state index >= 15 is 0 Å². The van der Waals surface area contributed by atoms with Crippen molar-refractivity contribution in [2.75, 3.05) is 45.5 Å². The van der Waals surface area contributed by atoms with Crippen LogP contribution in [0, 0.1) is 6.92 Å². The lowest BCUT2D eigenvalue weighted by Crippen LogP contribution is -2.51. The van der Waals surface area contributed by atoms with Gasteiger partial charge in [0.1, 0.15) is 0 Å². The second-order valence-electron chi connectivity index (χ2n) is 7.83. The minimum absolute atomic E-state index is 0.115. The van der Waals surface area contributed by atoms with Gasteiger partial charge >= 0.3 is 0 Å². The first-order valence-electron chi connectivity index (χ1n) is 9.88. The molecule has 148 valence electrons. The lowest BCUT2D eigenvalue weighted by molar-refractivity contribution is 0.130. The summed E-state index contributed by atoms with van der Waals surface area (Å²) in [6, 6.07) is 2.28. The van der Waals surface area contributed by atoms with Crippen molar-refractivity contribution in [3.63, 3.8) is 0 Å². The van der Waals surface area contributed by atoms with Gasteiger partial charge in [0.05, 0.1) is 6.26 Å². The summed E-state index contributed by atoms with van der Waals surface area (Å²) in [4.78, 5) is 6.27. The Bertz CT molecular complexity index is 668. The number of piperidine rings is 2. The summed E-state index contributed by atoms with van der Waals surface area (Å²) in [6.45, 7) is 8.77. The molecule has 1 atom stereocenters. The Labute approximate surface area is 163 Å². The van der Waals surface area contributed by atoms with E-state index in [1.165, 1.54) is 36.0 Å². The Balaban J connectivity index is 1.61. The second-order valence-corrected chi connectivity index (χ2v) is 10.8. The van der Waals surface area contributed by atoms with Crippen LogP contribution >= 0.6 is 11.3 Å². The SMILES string of the molecule is Cc1ccsc1CN1CCC[C@H](N(CCN2CCCCC2)S(C)(=O)=O)C1. The van der Waals surface area contributed by atoms with Gasteiger partial charge < -0.3 is 4.90 Å². The summed E-state index contributed by atoms with van der Waals surface area (Å²) in [5.41, 5.74) is 1.35. The van der Waals surface area contributed by atoms with Crippen molar-refractivity contribution in [3.05, 3.63) is 21.9 Å². The van der Waals surface area contributed by atoms with E-state index in [4.69, 9.17) is 0 Å². The highest BCUT2D eigenvalue weighted by molar-refractivity contribution is 7.88. The molecule has 2 aliphatic rings. The zero-order chi connectivity index (χ0) is 18.6. The smallest absolute Gasteiger partial charge is 0.211 e. The van der Waals surface area contributed by atoms with E-state index in [1.54, 1.807) is 4.31 Å². The molecule has 0 amide bonds. The lowest BCUT2D eigenvalue weighted by Gasteiger charge is -2.39. The Morgan fingerprint density at radius 2 is 1.88 bits per heavy atom. The molecule has 0 bridgehead atoms. The van der Waals surface area contributed by atoms with Crippen molar-refractivity contribution >= 4 is 21.4 Å². The van der Waals surface area contributed by atoms with Crippen molar-refractivity contribution in [2.45, 2.75) is 51.6 Å². The molecule has 0 saturated carbocycles. The largest absolute Gasteiger partial charge is 0.302 e. The van der Waals surface area contributed by atoms with Gasteiger partial charge in [-0.05, 0) is 69.3 Å². The third-order valence-electron chi connectivity index (χ3n) is 5.73. The minimum atomic E-state index is -3.18. The minimum Gasteiger partial charge on any atom is -0.302 e. The van der Waals surface area contributed by atoms with Crippen LogP contribution in [0.3, 0.4) is 0 Å². The fourth-order valence-electron chi connectivity index (χ4n) is 4.22. The highest BCUT2D eigenvalue weighted by Gasteiger charge is 2.31. The van der Waals surface area contributed by atoms with Crippen molar-refractivity contribution in [2.24, 2.45) is 0 Å². The molecule has 26 heavy (non-hydrogen) atoms. The van der Waals surface area contributed by atoms with Gasteiger partial charge in [-0.25, -0.2) is 8.42 Å². The van der Waals surface area contributed by atoms with Crippen LogP contribution in [-0.2, 0) is 16.6 Å². The molecule has 0 aliphatic carbocycles. The Morgan fingerprint density at radius 3 is 2.54 bits per heavy atom. The van der Waals surface area contributed by atoms with Gasteiger partial charge in [0, 0.05) is 37.1 Å². The number of sulfonamides is 1. The van der Waals surface area contributed by atoms with Crippen LogP contribution in [0.15, 0.2) is 11.4 Å². The van der Waals surface area contributed by atoms with Crippen molar-refractivity contribution in [1.82, 2.24) is 14.1 Å². The van der Waals surface area contributed by atoms with Crippen molar-refractivity contribution in [3.8, 4) is 0 Å². The summed E-state index contributed by atoms with van der Waals surface area (Å²) >= 11 is 1.81. The molecule has 0 radical (unpaired) electrons. The monoisotopic (exact) mass is 399 g/mol. The van der Waals surface area contributed by atoms with Crippen LogP contribution in [-0.4, -0.2) is 74.1 Å². The molecule has 5 nitrogen and oxygen atoms in total. The molecule has 1 aromatic rings. The van der Waals surface area contributed by atoms with E-state index in [0.29, 0.717) is 6.54 Å². The average Bonchev–Trinajstić information content (AvgIpc) is 3.00. The van der Waals surface area contributed by atoms with Gasteiger partial charge in [0.25, 0.3) is 0 Å². The van der Waals surface area contributed by atoms with E-state index in [0.717, 1.165) is 52.1 Å². The van der Waals surface area contributed by atoms with Crippen LogP contribution < -0.4 is 0 Å². The molecule has 0 unspecified atom stereocenters. The first-order valence-corrected chi connectivity index (χ1v) is 12.6. The first kappa shape index (κ1) is 20.3. The molecular formula is C19H33N3O2S2. The number of hydrogen-bond acceptors (Lipinski definition) is 5. The fourth-order valence-corrected chi connectivity index (χ4v) is 6.30. The molecule has 7 heteroatoms. The number of hydrogen-bond donors (Lipinski definition) is 0. The predicted molar refractivity (Wildman–Crippen MR) is 109 cm³/mol. The summed E-state index contributed by atoms with van der Waals surface area (Å²) < 4.78 is 26.7. The third-order valence-corrected chi connectivity index (χ3v) is 8.08. The zero-order valence-electron chi connectivity index (χ0n) is 16.2. The highest BCUT2D eigenvalue weighted by atomic mass is 32.2. The Kier molecular flexibility index (Phi) is 7.13. The number of aryl methyl sites for hydroxylation is 1. The molecule has 0 aromatic carbocycles. The third kappa shape index (κ3) is 5.52. The Hall–Kier alpha value is -0.470. The normalized spacial score (nSPS) is 23.6. The van der Waals surface area contributed by atoms with Gasteiger partial charge in [0.2, 0.25) is 10.0 Å². The summed E-state index contributed by atoms with van der Waals surface area (Å²) in [6.07, 6.45) is 7.24. The number of nitrogens with zero attached hydrogens (tertiary/aromatic N) is 3. The van der Waals surface area contributed by atoms with E-state index in [-0.39, 0.29) is 6.04 Å². The first-order chi connectivity index (χ1) is 12.4. The standard InChI is InChI=1S/C19H33N3O2S2/c1-17-8-14-25-19(17)16-21-11-6-7-18(15-21)22(26(2,23)24)13-12-20-9-4-3-5-10-20/h8,14,18H,3-7,9-13,15-16H2,1-2H3/t18-/m0/s1. The van der Waals surface area contributed by atoms with Crippen LogP contribution in [0.1, 0.15) is 42.5 Å². The van der Waals surface area contributed by atoms with Gasteiger partial charge in [0.15, 0.2) is 0 Å². The maximum Gasteiger partial charge on any atom is 0.211 e. The van der Waals surface area contributed by atoms with Gasteiger partial charge in [-0.2, -0.15) is 4.31 Å². The van der Waals surface area contributed by atoms with Gasteiger partial charge in [-0.1, -0.05) is 6.42 Å². The molecule has 2 fully saturated rings. The number of thiophene rings is 1. The maximum absolute atomic E-state index is 12.5. The summed E-state index contributed by atoms with van der Waals surface area (Å²) in [5.74, 6) is 0. The highest BCUT2D eigenvalue weighted by Crippen LogP contribution is 2.23. The van der Waals surface area contributed by atoms with E-state index in [2.05, 4.69) is 28.2 Å². The van der Waals surface area contributed by atoms with Crippen LogP contribution in [0.5, 0.6) is 0 Å². The molecule has 3 heterocycles. The van der Waals surface area contributed by atoms with Crippen LogP contribution in [0.2, 0.25) is 0 Å². The Morgan fingerprint density at radius 1 is 1.15 bits per heavy atom. The van der Waals surface area contributed by atoms with E-state index in [9.17, 15) is 8.42 Å². The number of likely N-dealkylation sites (tertiary alicyclic amines) is 2. The summed E-state index contributed by atoms with van der Waals surface area (Å²) in [5, 5.41) is 2.15. The average molecular weight is 400 g/mol. The lowest BCUT2D eigenvalue weighted by atomic mass is 10.1. The predicted octanol–water partition coefficient (Wildman–Crippen LogP) is 2.77. The molecule has 2 saturated heterocycles. The topological polar surface area (TPSA) is 43.9 Å². The van der Waals surface area contributed by atoms with Crippen LogP contribution in [0.25, 0.3) is 0 Å². The van der Waals surface area contributed by atoms with Gasteiger partial charge in [-0.15, -0.1) is 11.3 Å². The maximum atomic E-state index is 12.5. The van der Waals surface area contributed by atoms with Crippen molar-refractivity contribution in [1.29, 1.82) is 0 Å². The fraction of sp³-hybridized carbons (Fsp3) is 0.789.